The van der Waals surface area contributed by atoms with Crippen molar-refractivity contribution >= 4 is 0 Å². The minimum atomic E-state index is -4.37. The molecule has 0 aromatic heterocycles. The summed E-state index contributed by atoms with van der Waals surface area (Å²) in [6, 6.07) is 5.10. The third kappa shape index (κ3) is 6.78. The molecule has 1 atom stereocenters. The number of rotatable bonds is 8. The highest BCUT2D eigenvalue weighted by Crippen LogP contribution is 2.29. The SMILES string of the molecule is FC(F)(F)CNCCN1CC=CN1C1COc2ccc(COCC(F)(F)F)cc2C1. The van der Waals surface area contributed by atoms with Gasteiger partial charge in [-0.2, -0.15) is 26.3 Å². The first kappa shape index (κ1) is 22.7. The van der Waals surface area contributed by atoms with Gasteiger partial charge in [-0.25, -0.2) is 5.01 Å². The van der Waals surface area contributed by atoms with E-state index in [1.54, 1.807) is 18.2 Å². The van der Waals surface area contributed by atoms with Gasteiger partial charge < -0.3 is 19.8 Å². The van der Waals surface area contributed by atoms with Crippen molar-refractivity contribution in [1.82, 2.24) is 15.3 Å². The van der Waals surface area contributed by atoms with Crippen molar-refractivity contribution in [3.05, 3.63) is 41.6 Å². The van der Waals surface area contributed by atoms with E-state index < -0.39 is 25.5 Å². The molecule has 2 heterocycles. The molecule has 168 valence electrons. The number of benzene rings is 1. The van der Waals surface area contributed by atoms with Gasteiger partial charge in [0, 0.05) is 32.3 Å². The molecule has 0 spiro atoms. The number of hydrogen-bond acceptors (Lipinski definition) is 5. The molecule has 2 aliphatic rings. The molecule has 0 saturated heterocycles. The van der Waals surface area contributed by atoms with Gasteiger partial charge in [0.2, 0.25) is 0 Å². The van der Waals surface area contributed by atoms with Crippen LogP contribution in [0.4, 0.5) is 26.3 Å². The van der Waals surface area contributed by atoms with Crippen LogP contribution in [0.1, 0.15) is 11.1 Å². The maximum atomic E-state index is 12.3. The summed E-state index contributed by atoms with van der Waals surface area (Å²) in [5.41, 5.74) is 1.47. The first-order valence-electron chi connectivity index (χ1n) is 9.47. The van der Waals surface area contributed by atoms with Gasteiger partial charge in [0.05, 0.1) is 19.2 Å². The maximum Gasteiger partial charge on any atom is 0.411 e. The molecule has 30 heavy (non-hydrogen) atoms. The molecule has 1 aromatic rings. The summed E-state index contributed by atoms with van der Waals surface area (Å²) in [6.07, 6.45) is -4.23. The first-order chi connectivity index (χ1) is 14.1. The quantitative estimate of drug-likeness (QED) is 0.497. The lowest BCUT2D eigenvalue weighted by atomic mass is 10.00. The van der Waals surface area contributed by atoms with E-state index in [9.17, 15) is 26.3 Å². The summed E-state index contributed by atoms with van der Waals surface area (Å²) >= 11 is 0. The van der Waals surface area contributed by atoms with Crippen LogP contribution in [-0.4, -0.2) is 67.8 Å². The topological polar surface area (TPSA) is 37.0 Å². The van der Waals surface area contributed by atoms with Crippen molar-refractivity contribution in [3.8, 4) is 5.75 Å². The molecule has 11 heteroatoms. The molecule has 0 aliphatic carbocycles. The van der Waals surface area contributed by atoms with Crippen molar-refractivity contribution in [2.75, 3.05) is 39.4 Å². The van der Waals surface area contributed by atoms with Gasteiger partial charge in [0.1, 0.15) is 19.0 Å². The van der Waals surface area contributed by atoms with E-state index in [1.807, 2.05) is 22.3 Å². The Morgan fingerprint density at radius 1 is 1.13 bits per heavy atom. The zero-order valence-electron chi connectivity index (χ0n) is 16.1. The van der Waals surface area contributed by atoms with Crippen LogP contribution < -0.4 is 10.1 Å². The molecule has 0 saturated carbocycles. The van der Waals surface area contributed by atoms with Crippen LogP contribution in [0.5, 0.6) is 5.75 Å². The van der Waals surface area contributed by atoms with Gasteiger partial charge in [-0.15, -0.1) is 0 Å². The second-order valence-electron chi connectivity index (χ2n) is 7.19. The highest BCUT2D eigenvalue weighted by atomic mass is 19.4. The third-order valence-corrected chi connectivity index (χ3v) is 4.69. The fraction of sp³-hybridized carbons (Fsp3) is 0.579. The van der Waals surface area contributed by atoms with Crippen molar-refractivity contribution in [1.29, 1.82) is 0 Å². The highest BCUT2D eigenvalue weighted by molar-refractivity contribution is 5.39. The molecule has 3 rings (SSSR count). The second-order valence-corrected chi connectivity index (χ2v) is 7.19. The zero-order valence-corrected chi connectivity index (χ0v) is 16.1. The number of ether oxygens (including phenoxy) is 2. The Balaban J connectivity index is 1.54. The van der Waals surface area contributed by atoms with Gasteiger partial charge in [-0.1, -0.05) is 12.1 Å². The molecule has 5 nitrogen and oxygen atoms in total. The minimum Gasteiger partial charge on any atom is -0.491 e. The molecule has 2 aliphatic heterocycles. The molecular formula is C19H23F6N3O2. The van der Waals surface area contributed by atoms with Gasteiger partial charge in [0.15, 0.2) is 0 Å². The maximum absolute atomic E-state index is 12.3. The number of nitrogens with one attached hydrogen (secondary N) is 1. The summed E-state index contributed by atoms with van der Waals surface area (Å²) in [5, 5.41) is 6.26. The monoisotopic (exact) mass is 439 g/mol. The molecule has 0 amide bonds. The Morgan fingerprint density at radius 2 is 1.93 bits per heavy atom. The number of halogens is 6. The Labute approximate surface area is 170 Å². The lowest BCUT2D eigenvalue weighted by Gasteiger charge is -2.38. The van der Waals surface area contributed by atoms with E-state index in [-0.39, 0.29) is 19.2 Å². The zero-order chi connectivity index (χ0) is 21.8. The van der Waals surface area contributed by atoms with Crippen molar-refractivity contribution in [3.63, 3.8) is 0 Å². The number of hydrogen-bond donors (Lipinski definition) is 1. The predicted octanol–water partition coefficient (Wildman–Crippen LogP) is 3.27. The molecule has 1 N–H and O–H groups in total. The average Bonchev–Trinajstić information content (AvgIpc) is 3.11. The first-order valence-corrected chi connectivity index (χ1v) is 9.47. The van der Waals surface area contributed by atoms with Crippen LogP contribution in [-0.2, 0) is 17.8 Å². The van der Waals surface area contributed by atoms with E-state index in [0.29, 0.717) is 37.4 Å². The highest BCUT2D eigenvalue weighted by Gasteiger charge is 2.31. The van der Waals surface area contributed by atoms with Gasteiger partial charge in [-0.05, 0) is 23.3 Å². The van der Waals surface area contributed by atoms with Gasteiger partial charge >= 0.3 is 12.4 Å². The summed E-state index contributed by atoms with van der Waals surface area (Å²) in [5.74, 6) is 0.674. The smallest absolute Gasteiger partial charge is 0.411 e. The molecular weight excluding hydrogens is 416 g/mol. The Hall–Kier alpha value is -1.98. The third-order valence-electron chi connectivity index (χ3n) is 4.69. The summed E-state index contributed by atoms with van der Waals surface area (Å²) in [6.45, 7) is -0.930. The van der Waals surface area contributed by atoms with E-state index in [2.05, 4.69) is 5.32 Å². The van der Waals surface area contributed by atoms with Gasteiger partial charge in [-0.3, -0.25) is 0 Å². The minimum absolute atomic E-state index is 0.0646. The van der Waals surface area contributed by atoms with Crippen LogP contribution in [0.25, 0.3) is 0 Å². The van der Waals surface area contributed by atoms with Crippen LogP contribution in [0.15, 0.2) is 30.5 Å². The summed E-state index contributed by atoms with van der Waals surface area (Å²) < 4.78 is 84.0. The lowest BCUT2D eigenvalue weighted by Crippen LogP contribution is -2.49. The molecule has 1 aromatic carbocycles. The fourth-order valence-electron chi connectivity index (χ4n) is 3.44. The second kappa shape index (κ2) is 9.44. The normalized spacial score (nSPS) is 19.8. The van der Waals surface area contributed by atoms with Crippen molar-refractivity contribution in [2.45, 2.75) is 31.4 Å². The number of nitrogens with zero attached hydrogens (tertiary/aromatic N) is 2. The largest absolute Gasteiger partial charge is 0.491 e. The van der Waals surface area contributed by atoms with Gasteiger partial charge in [0.25, 0.3) is 0 Å². The van der Waals surface area contributed by atoms with Crippen LogP contribution in [0.3, 0.4) is 0 Å². The van der Waals surface area contributed by atoms with Crippen LogP contribution >= 0.6 is 0 Å². The van der Waals surface area contributed by atoms with E-state index in [4.69, 9.17) is 9.47 Å². The van der Waals surface area contributed by atoms with Crippen molar-refractivity contribution in [2.24, 2.45) is 0 Å². The van der Waals surface area contributed by atoms with E-state index in [1.165, 1.54) is 0 Å². The summed E-state index contributed by atoms with van der Waals surface area (Å²) in [7, 11) is 0. The molecule has 0 bridgehead atoms. The number of fused-ring (bicyclic) bond motifs is 1. The van der Waals surface area contributed by atoms with Crippen molar-refractivity contribution < 1.29 is 35.8 Å². The average molecular weight is 439 g/mol. The standard InChI is InChI=1S/C19H23F6N3O2/c20-18(21,22)12-26-4-7-27-5-1-6-28(27)16-9-15-8-14(2-3-17(15)30-11-16)10-29-13-19(23,24)25/h1-3,6,8,16,26H,4-5,7,9-13H2. The Kier molecular flexibility index (Phi) is 7.14. The molecule has 1 unspecified atom stereocenters. The van der Waals surface area contributed by atoms with Crippen LogP contribution in [0, 0.1) is 0 Å². The van der Waals surface area contributed by atoms with E-state index in [0.717, 1.165) is 5.56 Å². The van der Waals surface area contributed by atoms with E-state index >= 15 is 0 Å². The summed E-state index contributed by atoms with van der Waals surface area (Å²) in [4.78, 5) is 0. The Morgan fingerprint density at radius 3 is 2.67 bits per heavy atom. The van der Waals surface area contributed by atoms with Crippen LogP contribution in [0.2, 0.25) is 0 Å². The Bertz CT molecular complexity index is 738. The number of alkyl halides is 6. The number of hydrazine groups is 1. The predicted molar refractivity (Wildman–Crippen MR) is 96.6 cm³/mol. The lowest BCUT2D eigenvalue weighted by molar-refractivity contribution is -0.176. The molecule has 0 fully saturated rings. The molecule has 0 radical (unpaired) electrons. The fourth-order valence-corrected chi connectivity index (χ4v) is 3.44.